The van der Waals surface area contributed by atoms with E-state index in [0.717, 1.165) is 44.9 Å². The van der Waals surface area contributed by atoms with Gasteiger partial charge in [-0.1, -0.05) is 20.8 Å². The molecule has 228 valence electrons. The summed E-state index contributed by atoms with van der Waals surface area (Å²) in [5.41, 5.74) is -0.160. The van der Waals surface area contributed by atoms with Gasteiger partial charge in [0, 0.05) is 6.42 Å². The highest BCUT2D eigenvalue weighted by Gasteiger charge is 2.64. The highest BCUT2D eigenvalue weighted by Crippen LogP contribution is 2.68. The van der Waals surface area contributed by atoms with Gasteiger partial charge in [0.2, 0.25) is 0 Å². The summed E-state index contributed by atoms with van der Waals surface area (Å²) in [7, 11) is 0. The highest BCUT2D eigenvalue weighted by atomic mass is 16.7. The van der Waals surface area contributed by atoms with Crippen molar-refractivity contribution >= 4 is 11.9 Å². The Bertz CT molecular complexity index is 959. The summed E-state index contributed by atoms with van der Waals surface area (Å²) in [5, 5.41) is 60.9. The van der Waals surface area contributed by atoms with Gasteiger partial charge in [-0.05, 0) is 104 Å². The first-order chi connectivity index (χ1) is 18.8. The first-order valence-corrected chi connectivity index (χ1v) is 15.3. The quantitative estimate of drug-likeness (QED) is 0.250. The Labute approximate surface area is 236 Å². The summed E-state index contributed by atoms with van der Waals surface area (Å²) in [4.78, 5) is 22.7. The van der Waals surface area contributed by atoms with Crippen molar-refractivity contribution in [3.05, 3.63) is 0 Å². The van der Waals surface area contributed by atoms with Crippen molar-refractivity contribution in [3.63, 3.8) is 0 Å². The van der Waals surface area contributed by atoms with Gasteiger partial charge in [0.25, 0.3) is 0 Å². The molecule has 6 N–H and O–H groups in total. The molecule has 0 radical (unpaired) electrons. The van der Waals surface area contributed by atoms with E-state index in [4.69, 9.17) is 9.47 Å². The van der Waals surface area contributed by atoms with E-state index in [-0.39, 0.29) is 29.3 Å². The normalized spacial score (nSPS) is 51.3. The van der Waals surface area contributed by atoms with Crippen LogP contribution < -0.4 is 0 Å². The van der Waals surface area contributed by atoms with Gasteiger partial charge in [-0.25, -0.2) is 4.79 Å². The van der Waals surface area contributed by atoms with Gasteiger partial charge in [-0.15, -0.1) is 0 Å². The van der Waals surface area contributed by atoms with Gasteiger partial charge >= 0.3 is 11.9 Å². The molecule has 5 fully saturated rings. The number of hydrogen-bond acceptors (Lipinski definition) is 8. The minimum absolute atomic E-state index is 0.0312. The molecule has 40 heavy (non-hydrogen) atoms. The largest absolute Gasteiger partial charge is 0.481 e. The Morgan fingerprint density at radius 2 is 1.65 bits per heavy atom. The molecule has 4 aliphatic carbocycles. The van der Waals surface area contributed by atoms with Crippen LogP contribution in [-0.2, 0) is 19.1 Å². The van der Waals surface area contributed by atoms with E-state index >= 15 is 0 Å². The summed E-state index contributed by atoms with van der Waals surface area (Å²) in [6.45, 7) is 6.78. The zero-order chi connectivity index (χ0) is 29.1. The van der Waals surface area contributed by atoms with Crippen LogP contribution in [0.15, 0.2) is 0 Å². The van der Waals surface area contributed by atoms with Gasteiger partial charge in [0.1, 0.15) is 18.3 Å². The van der Waals surface area contributed by atoms with Crippen LogP contribution in [0.4, 0.5) is 0 Å². The van der Waals surface area contributed by atoms with E-state index in [2.05, 4.69) is 20.8 Å². The van der Waals surface area contributed by atoms with E-state index in [1.165, 1.54) is 0 Å². The molecule has 15 atom stereocenters. The average molecular weight is 569 g/mol. The molecule has 0 bridgehead atoms. The number of aliphatic hydroxyl groups excluding tert-OH is 4. The van der Waals surface area contributed by atoms with E-state index in [1.807, 2.05) is 0 Å². The zero-order valence-electron chi connectivity index (χ0n) is 23.9. The fraction of sp³-hybridized carbons (Fsp3) is 0.933. The molecule has 10 nitrogen and oxygen atoms in total. The van der Waals surface area contributed by atoms with Gasteiger partial charge in [-0.2, -0.15) is 0 Å². The monoisotopic (exact) mass is 568 g/mol. The van der Waals surface area contributed by atoms with Gasteiger partial charge in [0.05, 0.1) is 12.2 Å². The molecular formula is C30H48O10. The van der Waals surface area contributed by atoms with Crippen LogP contribution in [0.25, 0.3) is 0 Å². The van der Waals surface area contributed by atoms with Crippen molar-refractivity contribution in [1.29, 1.82) is 0 Å². The fourth-order valence-corrected chi connectivity index (χ4v) is 10.2. The molecule has 1 aliphatic heterocycles. The van der Waals surface area contributed by atoms with Crippen molar-refractivity contribution in [2.45, 2.75) is 128 Å². The Morgan fingerprint density at radius 1 is 0.925 bits per heavy atom. The average Bonchev–Trinajstić information content (AvgIpc) is 3.27. The molecule has 0 aromatic rings. The molecule has 0 amide bonds. The van der Waals surface area contributed by atoms with E-state index < -0.39 is 48.7 Å². The topological polar surface area (TPSA) is 174 Å². The van der Waals surface area contributed by atoms with Crippen LogP contribution in [0, 0.1) is 46.3 Å². The first-order valence-electron chi connectivity index (χ1n) is 15.3. The fourth-order valence-electron chi connectivity index (χ4n) is 10.2. The van der Waals surface area contributed by atoms with E-state index in [0.29, 0.717) is 42.4 Å². The second-order valence-corrected chi connectivity index (χ2v) is 14.1. The van der Waals surface area contributed by atoms with E-state index in [9.17, 15) is 40.2 Å². The lowest BCUT2D eigenvalue weighted by molar-refractivity contribution is -0.310. The second kappa shape index (κ2) is 11.1. The second-order valence-electron chi connectivity index (χ2n) is 14.1. The number of fused-ring (bicyclic) bond motifs is 5. The molecule has 0 aromatic heterocycles. The molecule has 5 aliphatic rings. The van der Waals surface area contributed by atoms with Gasteiger partial charge in [-0.3, -0.25) is 4.79 Å². The number of hydrogen-bond donors (Lipinski definition) is 6. The standard InChI is InChI=1S/C30H48O10/c1-14(4-9-22(32)33)18-7-8-19-17-6-5-15-12-16(10-11-29(15,2)20(17)13-21(31)30(18,19)3)39-28-25(36)23(34)24(35)26(40-28)27(37)38/h14-21,23-26,28,31,34-36H,4-13H2,1-3H3,(H,32,33)(H,37,38)/t14-,15-,16-,17?,18-,19+,20?,21+,23+,24+,25-,26+,28-,29+,30-/m1/s1. The van der Waals surface area contributed by atoms with Crippen molar-refractivity contribution < 1.29 is 49.7 Å². The number of carboxylic acid groups (broad SMARTS) is 2. The third kappa shape index (κ3) is 4.90. The third-order valence-electron chi connectivity index (χ3n) is 12.4. The molecule has 5 rings (SSSR count). The van der Waals surface area contributed by atoms with Crippen LogP contribution in [-0.4, -0.2) is 85.5 Å². The summed E-state index contributed by atoms with van der Waals surface area (Å²) >= 11 is 0. The summed E-state index contributed by atoms with van der Waals surface area (Å²) in [6, 6.07) is 0. The molecule has 0 aromatic carbocycles. The summed E-state index contributed by atoms with van der Waals surface area (Å²) in [5.74, 6) is 0.0941. The number of ether oxygens (including phenoxy) is 2. The lowest BCUT2D eigenvalue weighted by Gasteiger charge is -2.62. The summed E-state index contributed by atoms with van der Waals surface area (Å²) in [6.07, 6.45) is -0.533. The minimum atomic E-state index is -1.74. The maximum absolute atomic E-state index is 11.7. The Morgan fingerprint density at radius 3 is 2.33 bits per heavy atom. The van der Waals surface area contributed by atoms with Crippen molar-refractivity contribution in [2.24, 2.45) is 46.3 Å². The number of carboxylic acids is 2. The number of aliphatic hydroxyl groups is 4. The Kier molecular flexibility index (Phi) is 8.36. The molecule has 1 saturated heterocycles. The van der Waals surface area contributed by atoms with Gasteiger partial charge < -0.3 is 40.1 Å². The molecular weight excluding hydrogens is 520 g/mol. The molecule has 0 spiro atoms. The van der Waals surface area contributed by atoms with Crippen molar-refractivity contribution in [1.82, 2.24) is 0 Å². The molecule has 2 unspecified atom stereocenters. The lowest BCUT2D eigenvalue weighted by Crippen LogP contribution is -2.61. The van der Waals surface area contributed by atoms with Gasteiger partial charge in [0.15, 0.2) is 12.4 Å². The zero-order valence-corrected chi connectivity index (χ0v) is 23.9. The van der Waals surface area contributed by atoms with Crippen LogP contribution in [0.3, 0.4) is 0 Å². The van der Waals surface area contributed by atoms with Crippen molar-refractivity contribution in [2.75, 3.05) is 0 Å². The maximum atomic E-state index is 11.7. The van der Waals surface area contributed by atoms with Crippen LogP contribution >= 0.6 is 0 Å². The molecule has 4 saturated carbocycles. The number of carbonyl (C=O) groups is 2. The highest BCUT2D eigenvalue weighted by molar-refractivity contribution is 5.73. The Balaban J connectivity index is 1.26. The predicted molar refractivity (Wildman–Crippen MR) is 142 cm³/mol. The van der Waals surface area contributed by atoms with Crippen LogP contribution in [0.5, 0.6) is 0 Å². The first kappa shape index (κ1) is 30.2. The maximum Gasteiger partial charge on any atom is 0.335 e. The number of rotatable bonds is 7. The lowest BCUT2D eigenvalue weighted by atomic mass is 9.43. The van der Waals surface area contributed by atoms with Crippen molar-refractivity contribution in [3.8, 4) is 0 Å². The predicted octanol–water partition coefficient (Wildman–Crippen LogP) is 2.39. The third-order valence-corrected chi connectivity index (χ3v) is 12.4. The smallest absolute Gasteiger partial charge is 0.335 e. The van der Waals surface area contributed by atoms with Crippen LogP contribution in [0.2, 0.25) is 0 Å². The Hall–Kier alpha value is -1.30. The summed E-state index contributed by atoms with van der Waals surface area (Å²) < 4.78 is 11.4. The molecule has 1 heterocycles. The van der Waals surface area contributed by atoms with E-state index in [1.54, 1.807) is 0 Å². The SMILES string of the molecule is C[C@H](CCC(=O)O)[C@H]1CC[C@H]2C3CC[C@@H]4C[C@H](O[C@@H]5O[C@H](C(=O)O)[C@@H](O)[C@H](O)[C@H]5O)CC[C@]4(C)C3C[C@H](O)[C@]12C. The van der Waals surface area contributed by atoms with Crippen LogP contribution in [0.1, 0.15) is 85.0 Å². The number of aliphatic carboxylic acids is 2. The minimum Gasteiger partial charge on any atom is -0.481 e. The molecule has 10 heteroatoms.